The predicted molar refractivity (Wildman–Crippen MR) is 77.5 cm³/mol. The third-order valence-corrected chi connectivity index (χ3v) is 5.91. The molecule has 0 aliphatic heterocycles. The van der Waals surface area contributed by atoms with Gasteiger partial charge in [0.05, 0.1) is 0 Å². The number of rotatable bonds is 6. The van der Waals surface area contributed by atoms with Gasteiger partial charge in [-0.2, -0.15) is 4.31 Å². The zero-order valence-electron chi connectivity index (χ0n) is 12.0. The Labute approximate surface area is 122 Å². The van der Waals surface area contributed by atoms with E-state index in [1.54, 1.807) is 6.92 Å². The number of anilines is 1. The van der Waals surface area contributed by atoms with E-state index < -0.39 is 10.0 Å². The first-order valence-electron chi connectivity index (χ1n) is 6.17. The second-order valence-electron chi connectivity index (χ2n) is 3.96. The molecular formula is C10H19N5O3S2. The van der Waals surface area contributed by atoms with Crippen molar-refractivity contribution in [2.75, 3.05) is 32.1 Å². The van der Waals surface area contributed by atoms with E-state index in [0.717, 1.165) is 17.8 Å². The lowest BCUT2D eigenvalue weighted by Gasteiger charge is -2.17. The van der Waals surface area contributed by atoms with Gasteiger partial charge < -0.3 is 5.32 Å². The van der Waals surface area contributed by atoms with Crippen LogP contribution < -0.4 is 10.2 Å². The van der Waals surface area contributed by atoms with E-state index in [0.29, 0.717) is 13.1 Å². The maximum Gasteiger partial charge on any atom is 0.323 e. The summed E-state index contributed by atoms with van der Waals surface area (Å²) in [5, 5.41) is 10.1. The van der Waals surface area contributed by atoms with Crippen LogP contribution in [0.3, 0.4) is 0 Å². The van der Waals surface area contributed by atoms with Gasteiger partial charge in [0.1, 0.15) is 0 Å². The molecule has 1 rings (SSSR count). The van der Waals surface area contributed by atoms with Crippen molar-refractivity contribution in [3.8, 4) is 0 Å². The average Bonchev–Trinajstić information content (AvgIpc) is 2.93. The lowest BCUT2D eigenvalue weighted by atomic mass is 10.5. The molecule has 114 valence electrons. The fraction of sp³-hybridized carbons (Fsp3) is 0.700. The number of amides is 2. The number of urea groups is 1. The molecule has 0 saturated carbocycles. The zero-order valence-corrected chi connectivity index (χ0v) is 13.6. The number of carbonyl (C=O) groups excluding carboxylic acids is 1. The van der Waals surface area contributed by atoms with Gasteiger partial charge in [-0.25, -0.2) is 13.2 Å². The number of sulfonamides is 1. The zero-order chi connectivity index (χ0) is 15.3. The monoisotopic (exact) mass is 321 g/mol. The summed E-state index contributed by atoms with van der Waals surface area (Å²) in [6.07, 6.45) is 0.719. The van der Waals surface area contributed by atoms with E-state index in [2.05, 4.69) is 15.5 Å². The van der Waals surface area contributed by atoms with Crippen LogP contribution in [0.4, 0.5) is 9.93 Å². The number of carbonyl (C=O) groups is 1. The second kappa shape index (κ2) is 6.95. The normalized spacial score (nSPS) is 11.7. The third kappa shape index (κ3) is 3.44. The van der Waals surface area contributed by atoms with Crippen LogP contribution in [0.25, 0.3) is 0 Å². The van der Waals surface area contributed by atoms with Crippen LogP contribution >= 0.6 is 11.3 Å². The summed E-state index contributed by atoms with van der Waals surface area (Å²) >= 11 is 0.874. The Morgan fingerprint density at radius 1 is 1.35 bits per heavy atom. The molecule has 0 aliphatic carbocycles. The lowest BCUT2D eigenvalue weighted by Crippen LogP contribution is -2.34. The molecule has 0 saturated heterocycles. The van der Waals surface area contributed by atoms with Gasteiger partial charge in [-0.05, 0) is 6.42 Å². The van der Waals surface area contributed by atoms with E-state index in [9.17, 15) is 13.2 Å². The Kier molecular flexibility index (Phi) is 5.84. The molecular weight excluding hydrogens is 302 g/mol. The minimum atomic E-state index is -3.64. The minimum Gasteiger partial charge on any atom is -0.341 e. The maximum atomic E-state index is 12.3. The van der Waals surface area contributed by atoms with Gasteiger partial charge in [0.15, 0.2) is 0 Å². The highest BCUT2D eigenvalue weighted by Gasteiger charge is 2.28. The molecule has 0 aliphatic rings. The van der Waals surface area contributed by atoms with Crippen molar-refractivity contribution in [3.63, 3.8) is 0 Å². The number of aromatic nitrogens is 2. The summed E-state index contributed by atoms with van der Waals surface area (Å²) in [6, 6.07) is -0.383. The van der Waals surface area contributed by atoms with Gasteiger partial charge in [0.25, 0.3) is 10.0 Å². The number of nitrogens with zero attached hydrogens (tertiary/aromatic N) is 4. The standard InChI is InChI=1S/C10H19N5O3S2/c1-5-7-15(6-2)20(17,18)10-13-12-9(19-10)14(4)8(16)11-3/h5-7H2,1-4H3,(H,11,16). The number of hydrogen-bond donors (Lipinski definition) is 1. The Bertz CT molecular complexity index is 557. The van der Waals surface area contributed by atoms with Crippen molar-refractivity contribution < 1.29 is 13.2 Å². The van der Waals surface area contributed by atoms with E-state index in [4.69, 9.17) is 0 Å². The molecule has 1 aromatic heterocycles. The fourth-order valence-corrected chi connectivity index (χ4v) is 4.13. The van der Waals surface area contributed by atoms with Gasteiger partial charge in [0.2, 0.25) is 9.47 Å². The second-order valence-corrected chi connectivity index (χ2v) is 7.03. The van der Waals surface area contributed by atoms with Crippen molar-refractivity contribution in [2.45, 2.75) is 24.6 Å². The molecule has 10 heteroatoms. The molecule has 0 aromatic carbocycles. The third-order valence-electron chi connectivity index (χ3n) is 2.59. The summed E-state index contributed by atoms with van der Waals surface area (Å²) < 4.78 is 25.9. The van der Waals surface area contributed by atoms with Crippen LogP contribution in [0.15, 0.2) is 4.34 Å². The van der Waals surface area contributed by atoms with Gasteiger partial charge in [-0.15, -0.1) is 10.2 Å². The minimum absolute atomic E-state index is 0.0986. The summed E-state index contributed by atoms with van der Waals surface area (Å²) in [6.45, 7) is 4.48. The van der Waals surface area contributed by atoms with Gasteiger partial charge in [0, 0.05) is 27.2 Å². The fourth-order valence-electron chi connectivity index (χ4n) is 1.50. The molecule has 0 radical (unpaired) electrons. The Morgan fingerprint density at radius 2 is 2.00 bits per heavy atom. The topological polar surface area (TPSA) is 95.5 Å². The van der Waals surface area contributed by atoms with E-state index in [-0.39, 0.29) is 15.5 Å². The summed E-state index contributed by atoms with van der Waals surface area (Å²) in [7, 11) is -0.655. The molecule has 0 atom stereocenters. The number of hydrogen-bond acceptors (Lipinski definition) is 6. The Morgan fingerprint density at radius 3 is 2.50 bits per heavy atom. The van der Waals surface area contributed by atoms with E-state index in [1.165, 1.54) is 23.3 Å². The van der Waals surface area contributed by atoms with Gasteiger partial charge in [-0.1, -0.05) is 25.2 Å². The predicted octanol–water partition coefficient (Wildman–Crippen LogP) is 0.734. The van der Waals surface area contributed by atoms with Crippen molar-refractivity contribution >= 4 is 32.5 Å². The highest BCUT2D eigenvalue weighted by Crippen LogP contribution is 2.25. The molecule has 20 heavy (non-hydrogen) atoms. The maximum absolute atomic E-state index is 12.3. The molecule has 1 aromatic rings. The molecule has 8 nitrogen and oxygen atoms in total. The van der Waals surface area contributed by atoms with E-state index >= 15 is 0 Å². The van der Waals surface area contributed by atoms with Crippen molar-refractivity contribution in [1.82, 2.24) is 19.8 Å². The molecule has 0 bridgehead atoms. The molecule has 2 amide bonds. The van der Waals surface area contributed by atoms with Crippen molar-refractivity contribution in [3.05, 3.63) is 0 Å². The highest BCUT2D eigenvalue weighted by atomic mass is 32.2. The Hall–Kier alpha value is -1.26. The molecule has 0 fully saturated rings. The smallest absolute Gasteiger partial charge is 0.323 e. The first-order valence-corrected chi connectivity index (χ1v) is 8.43. The molecule has 0 unspecified atom stereocenters. The molecule has 0 spiro atoms. The van der Waals surface area contributed by atoms with Crippen LogP contribution in [-0.4, -0.2) is 56.1 Å². The highest BCUT2D eigenvalue weighted by molar-refractivity contribution is 7.91. The van der Waals surface area contributed by atoms with Gasteiger partial charge in [-0.3, -0.25) is 4.90 Å². The van der Waals surface area contributed by atoms with Crippen LogP contribution in [0.2, 0.25) is 0 Å². The summed E-state index contributed by atoms with van der Waals surface area (Å²) in [5.74, 6) is 0. The molecule has 1 heterocycles. The average molecular weight is 321 g/mol. The van der Waals surface area contributed by atoms with Crippen molar-refractivity contribution in [2.24, 2.45) is 0 Å². The Balaban J connectivity index is 3.04. The number of nitrogens with one attached hydrogen (secondary N) is 1. The largest absolute Gasteiger partial charge is 0.341 e. The van der Waals surface area contributed by atoms with E-state index in [1.807, 2.05) is 6.92 Å². The van der Waals surface area contributed by atoms with Crippen LogP contribution in [0.5, 0.6) is 0 Å². The quantitative estimate of drug-likeness (QED) is 0.780. The lowest BCUT2D eigenvalue weighted by molar-refractivity contribution is 0.249. The van der Waals surface area contributed by atoms with Crippen LogP contribution in [0.1, 0.15) is 20.3 Å². The van der Waals surface area contributed by atoms with Crippen LogP contribution in [0, 0.1) is 0 Å². The first kappa shape index (κ1) is 16.8. The summed E-state index contributed by atoms with van der Waals surface area (Å²) in [5.41, 5.74) is 0. The first-order chi connectivity index (χ1) is 9.38. The van der Waals surface area contributed by atoms with Gasteiger partial charge >= 0.3 is 6.03 Å². The molecule has 1 N–H and O–H groups in total. The van der Waals surface area contributed by atoms with Crippen molar-refractivity contribution in [1.29, 1.82) is 0 Å². The van der Waals surface area contributed by atoms with Crippen LogP contribution in [-0.2, 0) is 10.0 Å². The SMILES string of the molecule is CCCN(CC)S(=O)(=O)c1nnc(N(C)C(=O)NC)s1. The summed E-state index contributed by atoms with van der Waals surface area (Å²) in [4.78, 5) is 12.7.